The number of rotatable bonds is 3. The highest BCUT2D eigenvalue weighted by molar-refractivity contribution is 7.88. The van der Waals surface area contributed by atoms with Gasteiger partial charge in [0.05, 0.1) is 6.26 Å². The lowest BCUT2D eigenvalue weighted by atomic mass is 10.2. The zero-order valence-electron chi connectivity index (χ0n) is 11.9. The maximum atomic E-state index is 12.3. The molecule has 21 heavy (non-hydrogen) atoms. The van der Waals surface area contributed by atoms with Crippen LogP contribution in [-0.2, 0) is 24.3 Å². The van der Waals surface area contributed by atoms with Crippen LogP contribution in [-0.4, -0.2) is 79.2 Å². The minimum atomic E-state index is -3.25. The van der Waals surface area contributed by atoms with Crippen molar-refractivity contribution >= 4 is 21.9 Å². The summed E-state index contributed by atoms with van der Waals surface area (Å²) in [6.07, 6.45) is 0.793. The second kappa shape index (κ2) is 6.29. The third-order valence-corrected chi connectivity index (χ3v) is 5.11. The van der Waals surface area contributed by atoms with E-state index in [0.29, 0.717) is 38.9 Å². The van der Waals surface area contributed by atoms with Gasteiger partial charge in [-0.05, 0) is 19.3 Å². The number of carboxylic acids is 1. The molecule has 0 saturated carbocycles. The third kappa shape index (κ3) is 3.92. The van der Waals surface area contributed by atoms with Crippen molar-refractivity contribution in [3.05, 3.63) is 0 Å². The molecule has 1 amide bonds. The maximum Gasteiger partial charge on any atom is 0.332 e. The van der Waals surface area contributed by atoms with Crippen molar-refractivity contribution < 1.29 is 27.9 Å². The molecule has 120 valence electrons. The van der Waals surface area contributed by atoms with Gasteiger partial charge in [-0.3, -0.25) is 4.79 Å². The summed E-state index contributed by atoms with van der Waals surface area (Å²) in [4.78, 5) is 24.7. The SMILES string of the molecule is CS(=O)(=O)N1CCCN(C(=O)[C@@H]2CC[C@H](C(=O)O)O2)CC1. The first-order chi connectivity index (χ1) is 9.79. The summed E-state index contributed by atoms with van der Waals surface area (Å²) < 4.78 is 29.7. The molecule has 2 saturated heterocycles. The van der Waals surface area contributed by atoms with Crippen molar-refractivity contribution in [1.82, 2.24) is 9.21 Å². The van der Waals surface area contributed by atoms with E-state index < -0.39 is 28.2 Å². The molecule has 0 unspecified atom stereocenters. The van der Waals surface area contributed by atoms with E-state index in [9.17, 15) is 18.0 Å². The summed E-state index contributed by atoms with van der Waals surface area (Å²) in [5, 5.41) is 8.87. The van der Waals surface area contributed by atoms with Gasteiger partial charge in [0.1, 0.15) is 6.10 Å². The van der Waals surface area contributed by atoms with E-state index >= 15 is 0 Å². The molecule has 0 radical (unpaired) electrons. The van der Waals surface area contributed by atoms with Gasteiger partial charge < -0.3 is 14.7 Å². The fourth-order valence-corrected chi connectivity index (χ4v) is 3.52. The Kier molecular flexibility index (Phi) is 4.84. The largest absolute Gasteiger partial charge is 0.479 e. The highest BCUT2D eigenvalue weighted by atomic mass is 32.2. The topological polar surface area (TPSA) is 104 Å². The van der Waals surface area contributed by atoms with E-state index in [4.69, 9.17) is 9.84 Å². The molecule has 0 aliphatic carbocycles. The maximum absolute atomic E-state index is 12.3. The van der Waals surface area contributed by atoms with E-state index in [1.165, 1.54) is 4.31 Å². The van der Waals surface area contributed by atoms with Gasteiger partial charge in [0.25, 0.3) is 5.91 Å². The molecule has 0 aromatic carbocycles. The molecular formula is C12H20N2O6S. The number of nitrogens with zero attached hydrogens (tertiary/aromatic N) is 2. The number of aliphatic carboxylic acids is 1. The van der Waals surface area contributed by atoms with E-state index in [2.05, 4.69) is 0 Å². The van der Waals surface area contributed by atoms with Crippen molar-refractivity contribution in [2.75, 3.05) is 32.4 Å². The van der Waals surface area contributed by atoms with Crippen molar-refractivity contribution in [3.8, 4) is 0 Å². The molecule has 2 rings (SSSR count). The molecule has 8 nitrogen and oxygen atoms in total. The molecule has 2 atom stereocenters. The molecular weight excluding hydrogens is 300 g/mol. The Labute approximate surface area is 123 Å². The third-order valence-electron chi connectivity index (χ3n) is 3.81. The summed E-state index contributed by atoms with van der Waals surface area (Å²) >= 11 is 0. The number of ether oxygens (including phenoxy) is 1. The van der Waals surface area contributed by atoms with Gasteiger partial charge in [-0.15, -0.1) is 0 Å². The van der Waals surface area contributed by atoms with Crippen LogP contribution < -0.4 is 0 Å². The predicted molar refractivity (Wildman–Crippen MR) is 73.1 cm³/mol. The zero-order chi connectivity index (χ0) is 15.6. The molecule has 9 heteroatoms. The van der Waals surface area contributed by atoms with E-state index in [-0.39, 0.29) is 12.5 Å². The number of carboxylic acid groups (broad SMARTS) is 1. The van der Waals surface area contributed by atoms with E-state index in [1.54, 1.807) is 4.90 Å². The summed E-state index contributed by atoms with van der Waals surface area (Å²) in [6, 6.07) is 0. The Balaban J connectivity index is 1.94. The Morgan fingerprint density at radius 1 is 1.10 bits per heavy atom. The Bertz CT molecular complexity index is 520. The molecule has 2 fully saturated rings. The van der Waals surface area contributed by atoms with Crippen LogP contribution in [0.3, 0.4) is 0 Å². The second-order valence-corrected chi connectivity index (χ2v) is 7.35. The quantitative estimate of drug-likeness (QED) is 0.723. The first-order valence-corrected chi connectivity index (χ1v) is 8.76. The number of hydrogen-bond acceptors (Lipinski definition) is 5. The van der Waals surface area contributed by atoms with Crippen LogP contribution in [0.25, 0.3) is 0 Å². The van der Waals surface area contributed by atoms with Crippen molar-refractivity contribution in [3.63, 3.8) is 0 Å². The molecule has 0 bridgehead atoms. The van der Waals surface area contributed by atoms with Gasteiger partial charge in [0.15, 0.2) is 6.10 Å². The van der Waals surface area contributed by atoms with Gasteiger partial charge in [-0.1, -0.05) is 0 Å². The Morgan fingerprint density at radius 3 is 2.33 bits per heavy atom. The lowest BCUT2D eigenvalue weighted by molar-refractivity contribution is -0.154. The smallest absolute Gasteiger partial charge is 0.332 e. The summed E-state index contributed by atoms with van der Waals surface area (Å²) in [6.45, 7) is 1.43. The highest BCUT2D eigenvalue weighted by Crippen LogP contribution is 2.22. The molecule has 0 spiro atoms. The predicted octanol–water partition coefficient (Wildman–Crippen LogP) is -0.887. The van der Waals surface area contributed by atoms with Crippen molar-refractivity contribution in [1.29, 1.82) is 0 Å². The molecule has 2 aliphatic heterocycles. The van der Waals surface area contributed by atoms with Gasteiger partial charge in [0.2, 0.25) is 10.0 Å². The molecule has 2 aliphatic rings. The molecule has 0 aromatic rings. The summed E-state index contributed by atoms with van der Waals surface area (Å²) in [5.41, 5.74) is 0. The number of hydrogen-bond donors (Lipinski definition) is 1. The lowest BCUT2D eigenvalue weighted by Crippen LogP contribution is -2.42. The zero-order valence-corrected chi connectivity index (χ0v) is 12.7. The number of carbonyl (C=O) groups excluding carboxylic acids is 1. The fourth-order valence-electron chi connectivity index (χ4n) is 2.65. The van der Waals surface area contributed by atoms with Crippen LogP contribution in [0, 0.1) is 0 Å². The number of sulfonamides is 1. The van der Waals surface area contributed by atoms with Crippen LogP contribution >= 0.6 is 0 Å². The number of carbonyl (C=O) groups is 2. The van der Waals surface area contributed by atoms with Crippen molar-refractivity contribution in [2.45, 2.75) is 31.5 Å². The minimum Gasteiger partial charge on any atom is -0.479 e. The lowest BCUT2D eigenvalue weighted by Gasteiger charge is -2.24. The van der Waals surface area contributed by atoms with Crippen LogP contribution in [0.5, 0.6) is 0 Å². The highest BCUT2D eigenvalue weighted by Gasteiger charge is 2.37. The van der Waals surface area contributed by atoms with Gasteiger partial charge in [-0.25, -0.2) is 17.5 Å². The minimum absolute atomic E-state index is 0.242. The first-order valence-electron chi connectivity index (χ1n) is 6.91. The van der Waals surface area contributed by atoms with Gasteiger partial charge >= 0.3 is 5.97 Å². The van der Waals surface area contributed by atoms with Crippen LogP contribution in [0.1, 0.15) is 19.3 Å². The fraction of sp³-hybridized carbons (Fsp3) is 0.833. The van der Waals surface area contributed by atoms with Crippen LogP contribution in [0.4, 0.5) is 0 Å². The van der Waals surface area contributed by atoms with E-state index in [0.717, 1.165) is 6.26 Å². The Morgan fingerprint density at radius 2 is 1.76 bits per heavy atom. The average molecular weight is 320 g/mol. The van der Waals surface area contributed by atoms with Gasteiger partial charge in [0, 0.05) is 26.2 Å². The van der Waals surface area contributed by atoms with E-state index in [1.807, 2.05) is 0 Å². The molecule has 2 heterocycles. The van der Waals surface area contributed by atoms with Crippen LogP contribution in [0.15, 0.2) is 0 Å². The monoisotopic (exact) mass is 320 g/mol. The van der Waals surface area contributed by atoms with Crippen LogP contribution in [0.2, 0.25) is 0 Å². The van der Waals surface area contributed by atoms with Gasteiger partial charge in [-0.2, -0.15) is 0 Å². The summed E-state index contributed by atoms with van der Waals surface area (Å²) in [7, 11) is -3.25. The first kappa shape index (κ1) is 16.2. The molecule has 1 N–H and O–H groups in total. The molecule has 0 aromatic heterocycles. The van der Waals surface area contributed by atoms with Crippen molar-refractivity contribution in [2.24, 2.45) is 0 Å². The normalized spacial score (nSPS) is 28.3. The summed E-state index contributed by atoms with van der Waals surface area (Å²) in [5.74, 6) is -1.29. The second-order valence-electron chi connectivity index (χ2n) is 5.37. The Hall–Kier alpha value is -1.19. The number of amides is 1. The average Bonchev–Trinajstić information content (AvgIpc) is 2.74. The standard InChI is InChI=1S/C12H20N2O6S/c1-21(18,19)14-6-2-5-13(7-8-14)11(15)9-3-4-10(20-9)12(16)17/h9-10H,2-8H2,1H3,(H,16,17)/t9-,10+/m0/s1.